The Morgan fingerprint density at radius 1 is 1.11 bits per heavy atom. The topological polar surface area (TPSA) is 58.6 Å². The van der Waals surface area contributed by atoms with Gasteiger partial charge in [0.05, 0.1) is 5.57 Å². The van der Waals surface area contributed by atoms with E-state index in [1.54, 1.807) is 39.0 Å². The highest BCUT2D eigenvalue weighted by Gasteiger charge is 2.42. The zero-order valence-electron chi connectivity index (χ0n) is 15.8. The summed E-state index contributed by atoms with van der Waals surface area (Å²) in [5, 5.41) is 3.59. The zero-order valence-corrected chi connectivity index (χ0v) is 17.3. The molecule has 0 atom stereocenters. The molecule has 28 heavy (non-hydrogen) atoms. The van der Waals surface area contributed by atoms with E-state index in [1.165, 1.54) is 4.90 Å². The summed E-state index contributed by atoms with van der Waals surface area (Å²) >= 11 is 12.0. The molecule has 0 aliphatic carbocycles. The minimum absolute atomic E-state index is 0.0161. The van der Waals surface area contributed by atoms with E-state index in [1.807, 2.05) is 30.3 Å². The number of nitrogens with zero attached hydrogens (tertiary/aromatic N) is 1. The van der Waals surface area contributed by atoms with Crippen molar-refractivity contribution in [2.24, 2.45) is 0 Å². The van der Waals surface area contributed by atoms with Crippen LogP contribution in [0.1, 0.15) is 26.3 Å². The first-order valence-corrected chi connectivity index (χ1v) is 9.44. The molecule has 1 N–H and O–H groups in total. The third-order valence-electron chi connectivity index (χ3n) is 4.63. The van der Waals surface area contributed by atoms with Gasteiger partial charge in [0.1, 0.15) is 11.3 Å². The Labute approximate surface area is 173 Å². The van der Waals surface area contributed by atoms with Crippen LogP contribution in [-0.2, 0) is 14.3 Å². The number of halogens is 2. The summed E-state index contributed by atoms with van der Waals surface area (Å²) < 4.78 is 5.72. The Hall–Kier alpha value is -2.50. The van der Waals surface area contributed by atoms with Gasteiger partial charge in [0.25, 0.3) is 5.91 Å². The molecule has 2 amide bonds. The van der Waals surface area contributed by atoms with E-state index in [-0.39, 0.29) is 18.5 Å². The highest BCUT2D eigenvalue weighted by molar-refractivity contribution is 6.35. The van der Waals surface area contributed by atoms with Crippen molar-refractivity contribution < 1.29 is 14.3 Å². The number of allylic oxidation sites excluding steroid dienone is 1. The number of carbonyl (C=O) groups is 2. The zero-order chi connectivity index (χ0) is 20.5. The van der Waals surface area contributed by atoms with Gasteiger partial charge in [0, 0.05) is 15.7 Å². The molecule has 2 aromatic carbocycles. The number of anilines is 1. The first-order chi connectivity index (χ1) is 13.2. The van der Waals surface area contributed by atoms with Crippen molar-refractivity contribution in [3.63, 3.8) is 0 Å². The monoisotopic (exact) mass is 418 g/mol. The number of benzene rings is 2. The quantitative estimate of drug-likeness (QED) is 0.762. The Morgan fingerprint density at radius 2 is 1.71 bits per heavy atom. The summed E-state index contributed by atoms with van der Waals surface area (Å²) in [5.41, 5.74) is 0.467. The largest absolute Gasteiger partial charge is 0.477 e. The Balaban J connectivity index is 1.87. The number of hydrogen-bond donors (Lipinski definition) is 1. The van der Waals surface area contributed by atoms with Gasteiger partial charge in [0.2, 0.25) is 5.91 Å². The van der Waals surface area contributed by atoms with E-state index < -0.39 is 5.54 Å². The average Bonchev–Trinajstić information content (AvgIpc) is 2.61. The lowest BCUT2D eigenvalue weighted by molar-refractivity contribution is -0.147. The number of nitrogens with one attached hydrogen (secondary N) is 1. The highest BCUT2D eigenvalue weighted by Crippen LogP contribution is 2.31. The maximum Gasteiger partial charge on any atom is 0.261 e. The van der Waals surface area contributed by atoms with Gasteiger partial charge >= 0.3 is 0 Å². The van der Waals surface area contributed by atoms with Crippen LogP contribution in [0.2, 0.25) is 10.0 Å². The summed E-state index contributed by atoms with van der Waals surface area (Å²) in [6.07, 6.45) is 0. The second-order valence-electron chi connectivity index (χ2n) is 6.98. The molecule has 1 aliphatic heterocycles. The fourth-order valence-corrected chi connectivity index (χ4v) is 3.48. The first-order valence-electron chi connectivity index (χ1n) is 8.69. The molecule has 0 spiro atoms. The standard InChI is InChI=1S/C21H20Cl2N2O3/c1-13-18(14-7-5-4-6-8-14)19(26)25(12-28-13)21(2,3)20(27)24-17-10-15(22)9-16(23)11-17/h4-11H,12H2,1-3H3,(H,24,27). The Morgan fingerprint density at radius 3 is 2.32 bits per heavy atom. The third kappa shape index (κ3) is 4.01. The van der Waals surface area contributed by atoms with Crippen LogP contribution in [0.5, 0.6) is 0 Å². The van der Waals surface area contributed by atoms with Crippen molar-refractivity contribution in [1.82, 2.24) is 4.90 Å². The minimum Gasteiger partial charge on any atom is -0.477 e. The fourth-order valence-electron chi connectivity index (χ4n) is 2.96. The average molecular weight is 419 g/mol. The molecule has 0 saturated heterocycles. The van der Waals surface area contributed by atoms with Crippen molar-refractivity contribution >= 4 is 46.3 Å². The number of rotatable bonds is 4. The summed E-state index contributed by atoms with van der Waals surface area (Å²) in [5.74, 6) is -0.112. The summed E-state index contributed by atoms with van der Waals surface area (Å²) in [6, 6.07) is 14.0. The molecule has 0 saturated carbocycles. The van der Waals surface area contributed by atoms with Crippen molar-refractivity contribution in [3.05, 3.63) is 69.9 Å². The molecule has 7 heteroatoms. The van der Waals surface area contributed by atoms with Crippen LogP contribution in [0.3, 0.4) is 0 Å². The normalized spacial score (nSPS) is 14.8. The molecule has 5 nitrogen and oxygen atoms in total. The van der Waals surface area contributed by atoms with E-state index in [0.29, 0.717) is 27.1 Å². The van der Waals surface area contributed by atoms with Crippen LogP contribution < -0.4 is 5.32 Å². The van der Waals surface area contributed by atoms with Crippen molar-refractivity contribution in [1.29, 1.82) is 0 Å². The molecule has 0 radical (unpaired) electrons. The molecule has 146 valence electrons. The van der Waals surface area contributed by atoms with Gasteiger partial charge in [-0.05, 0) is 44.5 Å². The van der Waals surface area contributed by atoms with Crippen LogP contribution in [0.15, 0.2) is 54.3 Å². The molecule has 2 aromatic rings. The molecule has 1 heterocycles. The lowest BCUT2D eigenvalue weighted by atomic mass is 9.96. The highest BCUT2D eigenvalue weighted by atomic mass is 35.5. The lowest BCUT2D eigenvalue weighted by Gasteiger charge is -2.40. The van der Waals surface area contributed by atoms with E-state index in [0.717, 1.165) is 5.56 Å². The summed E-state index contributed by atoms with van der Waals surface area (Å²) in [7, 11) is 0. The van der Waals surface area contributed by atoms with E-state index in [2.05, 4.69) is 5.32 Å². The summed E-state index contributed by atoms with van der Waals surface area (Å²) in [6.45, 7) is 5.06. The fraction of sp³-hybridized carbons (Fsp3) is 0.238. The lowest BCUT2D eigenvalue weighted by Crippen LogP contribution is -2.57. The molecule has 0 unspecified atom stereocenters. The predicted molar refractivity (Wildman–Crippen MR) is 111 cm³/mol. The smallest absolute Gasteiger partial charge is 0.261 e. The van der Waals surface area contributed by atoms with E-state index in [9.17, 15) is 9.59 Å². The van der Waals surface area contributed by atoms with Gasteiger partial charge in [-0.1, -0.05) is 53.5 Å². The number of ether oxygens (including phenoxy) is 1. The van der Waals surface area contributed by atoms with Crippen molar-refractivity contribution in [2.45, 2.75) is 26.3 Å². The molecule has 0 bridgehead atoms. The second-order valence-corrected chi connectivity index (χ2v) is 7.85. The van der Waals surface area contributed by atoms with Crippen LogP contribution >= 0.6 is 23.2 Å². The summed E-state index contributed by atoms with van der Waals surface area (Å²) in [4.78, 5) is 27.6. The van der Waals surface area contributed by atoms with E-state index >= 15 is 0 Å². The number of hydrogen-bond acceptors (Lipinski definition) is 3. The van der Waals surface area contributed by atoms with Crippen LogP contribution in [0.4, 0.5) is 5.69 Å². The molecular formula is C21H20Cl2N2O3. The molecular weight excluding hydrogens is 399 g/mol. The molecule has 1 aliphatic rings. The number of amides is 2. The van der Waals surface area contributed by atoms with Crippen molar-refractivity contribution in [3.8, 4) is 0 Å². The van der Waals surface area contributed by atoms with Crippen LogP contribution in [0, 0.1) is 0 Å². The minimum atomic E-state index is -1.17. The van der Waals surface area contributed by atoms with Gasteiger partial charge in [-0.25, -0.2) is 0 Å². The maximum absolute atomic E-state index is 13.2. The third-order valence-corrected chi connectivity index (χ3v) is 5.07. The number of carbonyl (C=O) groups excluding carboxylic acids is 2. The van der Waals surface area contributed by atoms with Crippen LogP contribution in [-0.4, -0.2) is 29.0 Å². The SMILES string of the molecule is CC1=C(c2ccccc2)C(=O)N(C(C)(C)C(=O)Nc2cc(Cl)cc(Cl)c2)CO1. The van der Waals surface area contributed by atoms with Gasteiger partial charge in [-0.15, -0.1) is 0 Å². The Kier molecular flexibility index (Phi) is 5.68. The Bertz CT molecular complexity index is 935. The molecule has 0 fully saturated rings. The van der Waals surface area contributed by atoms with Gasteiger partial charge in [-0.3, -0.25) is 14.5 Å². The van der Waals surface area contributed by atoms with Gasteiger partial charge in [-0.2, -0.15) is 0 Å². The van der Waals surface area contributed by atoms with Crippen LogP contribution in [0.25, 0.3) is 5.57 Å². The van der Waals surface area contributed by atoms with Crippen molar-refractivity contribution in [2.75, 3.05) is 12.0 Å². The molecule has 3 rings (SSSR count). The maximum atomic E-state index is 13.2. The van der Waals surface area contributed by atoms with Gasteiger partial charge in [0.15, 0.2) is 6.73 Å². The first kappa shape index (κ1) is 20.2. The molecule has 0 aromatic heterocycles. The predicted octanol–water partition coefficient (Wildman–Crippen LogP) is 4.96. The second kappa shape index (κ2) is 7.86. The van der Waals surface area contributed by atoms with Gasteiger partial charge < -0.3 is 10.1 Å². The van der Waals surface area contributed by atoms with E-state index in [4.69, 9.17) is 27.9 Å².